The zero-order valence-electron chi connectivity index (χ0n) is 20.3. The molecule has 4 rings (SSSR count). The highest BCUT2D eigenvalue weighted by Crippen LogP contribution is 2.30. The molecule has 0 fully saturated rings. The fraction of sp³-hybridized carbons (Fsp3) is 0.296. The van der Waals surface area contributed by atoms with E-state index in [4.69, 9.17) is 14.5 Å². The van der Waals surface area contributed by atoms with E-state index >= 15 is 0 Å². The van der Waals surface area contributed by atoms with E-state index in [1.807, 2.05) is 88.0 Å². The summed E-state index contributed by atoms with van der Waals surface area (Å²) in [5, 5.41) is 8.38. The Morgan fingerprint density at radius 3 is 2.44 bits per heavy atom. The van der Waals surface area contributed by atoms with Gasteiger partial charge in [-0.05, 0) is 57.5 Å². The molecule has 4 aromatic rings. The zero-order valence-corrected chi connectivity index (χ0v) is 20.3. The number of hydrogen-bond donors (Lipinski definition) is 1. The molecule has 1 N–H and O–H groups in total. The first kappa shape index (κ1) is 23.3. The standard InChI is InChI=1S/C27H30N4O3/c1-6-33-24-13-12-19(14-25(24)34-7-2)16-28-27(32)21-15-23(26-17(3)30-31(5)18(26)4)29-22-11-9-8-10-20(21)22/h8-15H,6-7,16H2,1-5H3,(H,28,32). The maximum atomic E-state index is 13.4. The van der Waals surface area contributed by atoms with Gasteiger partial charge in [-0.2, -0.15) is 5.10 Å². The van der Waals surface area contributed by atoms with Crippen molar-refractivity contribution in [2.45, 2.75) is 34.2 Å². The van der Waals surface area contributed by atoms with Crippen LogP contribution in [-0.2, 0) is 13.6 Å². The van der Waals surface area contributed by atoms with E-state index in [1.54, 1.807) is 0 Å². The summed E-state index contributed by atoms with van der Waals surface area (Å²) in [4.78, 5) is 18.2. The molecular weight excluding hydrogens is 428 g/mol. The molecule has 0 spiro atoms. The van der Waals surface area contributed by atoms with Gasteiger partial charge in [0.2, 0.25) is 0 Å². The molecule has 0 radical (unpaired) electrons. The van der Waals surface area contributed by atoms with Crippen LogP contribution < -0.4 is 14.8 Å². The first-order chi connectivity index (χ1) is 16.4. The van der Waals surface area contributed by atoms with Crippen LogP contribution in [0.1, 0.15) is 41.2 Å². The normalized spacial score (nSPS) is 11.0. The van der Waals surface area contributed by atoms with Gasteiger partial charge in [0.25, 0.3) is 5.91 Å². The molecular formula is C27H30N4O3. The van der Waals surface area contributed by atoms with Crippen molar-refractivity contribution in [2.24, 2.45) is 7.05 Å². The van der Waals surface area contributed by atoms with Crippen LogP contribution in [0.15, 0.2) is 48.5 Å². The highest BCUT2D eigenvalue weighted by Gasteiger charge is 2.18. The summed E-state index contributed by atoms with van der Waals surface area (Å²) in [6, 6.07) is 15.3. The highest BCUT2D eigenvalue weighted by atomic mass is 16.5. The van der Waals surface area contributed by atoms with E-state index < -0.39 is 0 Å². The molecule has 0 atom stereocenters. The number of carbonyl (C=O) groups is 1. The highest BCUT2D eigenvalue weighted by molar-refractivity contribution is 6.07. The van der Waals surface area contributed by atoms with Gasteiger partial charge in [-0.25, -0.2) is 4.98 Å². The average Bonchev–Trinajstić information content (AvgIpc) is 3.09. The third kappa shape index (κ3) is 4.59. The van der Waals surface area contributed by atoms with E-state index in [2.05, 4.69) is 10.4 Å². The number of pyridine rings is 1. The minimum absolute atomic E-state index is 0.161. The Kier molecular flexibility index (Phi) is 6.82. The number of benzene rings is 2. The molecule has 0 aliphatic rings. The van der Waals surface area contributed by atoms with E-state index in [-0.39, 0.29) is 5.91 Å². The predicted octanol–water partition coefficient (Wildman–Crippen LogP) is 4.98. The van der Waals surface area contributed by atoms with E-state index in [0.717, 1.165) is 39.1 Å². The smallest absolute Gasteiger partial charge is 0.252 e. The maximum Gasteiger partial charge on any atom is 0.252 e. The zero-order chi connectivity index (χ0) is 24.2. The molecule has 2 aromatic carbocycles. The molecule has 0 saturated carbocycles. The van der Waals surface area contributed by atoms with Gasteiger partial charge in [-0.1, -0.05) is 24.3 Å². The number of carbonyl (C=O) groups excluding carboxylic acids is 1. The van der Waals surface area contributed by atoms with Crippen molar-refractivity contribution in [2.75, 3.05) is 13.2 Å². The van der Waals surface area contributed by atoms with Crippen LogP contribution in [0.3, 0.4) is 0 Å². The second kappa shape index (κ2) is 9.95. The van der Waals surface area contributed by atoms with Crippen molar-refractivity contribution < 1.29 is 14.3 Å². The van der Waals surface area contributed by atoms with Gasteiger partial charge >= 0.3 is 0 Å². The summed E-state index contributed by atoms with van der Waals surface area (Å²) in [7, 11) is 1.91. The molecule has 0 saturated heterocycles. The fourth-order valence-corrected chi connectivity index (χ4v) is 4.12. The van der Waals surface area contributed by atoms with Gasteiger partial charge in [0, 0.05) is 30.2 Å². The van der Waals surface area contributed by atoms with Crippen LogP contribution >= 0.6 is 0 Å². The number of rotatable bonds is 8. The number of nitrogens with one attached hydrogen (secondary N) is 1. The van der Waals surface area contributed by atoms with Crippen LogP contribution in [0.25, 0.3) is 22.2 Å². The summed E-state index contributed by atoms with van der Waals surface area (Å²) in [6.07, 6.45) is 0. The third-order valence-corrected chi connectivity index (χ3v) is 5.79. The Morgan fingerprint density at radius 1 is 1.00 bits per heavy atom. The number of hydrogen-bond acceptors (Lipinski definition) is 5. The fourth-order valence-electron chi connectivity index (χ4n) is 4.12. The number of aryl methyl sites for hydroxylation is 2. The second-order valence-electron chi connectivity index (χ2n) is 8.07. The minimum Gasteiger partial charge on any atom is -0.490 e. The Labute approximate surface area is 199 Å². The Balaban J connectivity index is 1.66. The van der Waals surface area contributed by atoms with E-state index in [0.29, 0.717) is 36.8 Å². The molecule has 1 amide bonds. The number of nitrogens with zero attached hydrogens (tertiary/aromatic N) is 3. The number of aromatic nitrogens is 3. The molecule has 0 aliphatic heterocycles. The van der Waals surface area contributed by atoms with Gasteiger partial charge < -0.3 is 14.8 Å². The molecule has 0 bridgehead atoms. The molecule has 176 valence electrons. The van der Waals surface area contributed by atoms with Crippen molar-refractivity contribution >= 4 is 16.8 Å². The van der Waals surface area contributed by atoms with Crippen LogP contribution in [0.5, 0.6) is 11.5 Å². The average molecular weight is 459 g/mol. The van der Waals surface area contributed by atoms with E-state index in [9.17, 15) is 4.79 Å². The Hall–Kier alpha value is -3.87. The van der Waals surface area contributed by atoms with Crippen molar-refractivity contribution in [1.82, 2.24) is 20.1 Å². The molecule has 0 aliphatic carbocycles. The van der Waals surface area contributed by atoms with Crippen molar-refractivity contribution in [1.29, 1.82) is 0 Å². The summed E-state index contributed by atoms with van der Waals surface area (Å²) >= 11 is 0. The van der Waals surface area contributed by atoms with Crippen molar-refractivity contribution in [3.05, 3.63) is 71.0 Å². The summed E-state index contributed by atoms with van der Waals surface area (Å²) in [6.45, 7) is 9.29. The Bertz CT molecular complexity index is 1340. The number of ether oxygens (including phenoxy) is 2. The van der Waals surface area contributed by atoms with E-state index in [1.165, 1.54) is 0 Å². The molecule has 7 heteroatoms. The van der Waals surface area contributed by atoms with Gasteiger partial charge in [-0.3, -0.25) is 9.48 Å². The largest absolute Gasteiger partial charge is 0.490 e. The van der Waals surface area contributed by atoms with Crippen LogP contribution in [0.2, 0.25) is 0 Å². The van der Waals surface area contributed by atoms with Crippen molar-refractivity contribution in [3.63, 3.8) is 0 Å². The molecule has 34 heavy (non-hydrogen) atoms. The molecule has 0 unspecified atom stereocenters. The second-order valence-corrected chi connectivity index (χ2v) is 8.07. The SMILES string of the molecule is CCOc1ccc(CNC(=O)c2cc(-c3c(C)nn(C)c3C)nc3ccccc23)cc1OCC. The third-order valence-electron chi connectivity index (χ3n) is 5.79. The number of fused-ring (bicyclic) bond motifs is 1. The lowest BCUT2D eigenvalue weighted by atomic mass is 10.0. The van der Waals surface area contributed by atoms with Crippen LogP contribution in [-0.4, -0.2) is 33.9 Å². The van der Waals surface area contributed by atoms with Gasteiger partial charge in [-0.15, -0.1) is 0 Å². The summed E-state index contributed by atoms with van der Waals surface area (Å²) in [5.74, 6) is 1.22. The quantitative estimate of drug-likeness (QED) is 0.403. The number of para-hydroxylation sites is 1. The lowest BCUT2D eigenvalue weighted by molar-refractivity contribution is 0.0952. The Morgan fingerprint density at radius 2 is 1.74 bits per heavy atom. The molecule has 2 heterocycles. The van der Waals surface area contributed by atoms with Crippen LogP contribution in [0.4, 0.5) is 0 Å². The van der Waals surface area contributed by atoms with Crippen molar-refractivity contribution in [3.8, 4) is 22.8 Å². The molecule has 7 nitrogen and oxygen atoms in total. The summed E-state index contributed by atoms with van der Waals surface area (Å²) < 4.78 is 13.2. The molecule has 2 aromatic heterocycles. The first-order valence-electron chi connectivity index (χ1n) is 11.5. The maximum absolute atomic E-state index is 13.4. The summed E-state index contributed by atoms with van der Waals surface area (Å²) in [5.41, 5.74) is 5.86. The topological polar surface area (TPSA) is 78.3 Å². The minimum atomic E-state index is -0.161. The lowest BCUT2D eigenvalue weighted by Crippen LogP contribution is -2.23. The predicted molar refractivity (Wildman–Crippen MR) is 133 cm³/mol. The van der Waals surface area contributed by atoms with Crippen LogP contribution in [0, 0.1) is 13.8 Å². The van der Waals surface area contributed by atoms with Gasteiger partial charge in [0.05, 0.1) is 35.7 Å². The van der Waals surface area contributed by atoms with Gasteiger partial charge in [0.1, 0.15) is 0 Å². The monoisotopic (exact) mass is 458 g/mol. The van der Waals surface area contributed by atoms with Gasteiger partial charge in [0.15, 0.2) is 11.5 Å². The first-order valence-corrected chi connectivity index (χ1v) is 11.5. The number of amides is 1. The lowest BCUT2D eigenvalue weighted by Gasteiger charge is -2.14.